The van der Waals surface area contributed by atoms with E-state index in [0.717, 1.165) is 26.8 Å². The Hall–Kier alpha value is -1.13. The lowest BCUT2D eigenvalue weighted by atomic mass is 10.2. The van der Waals surface area contributed by atoms with Gasteiger partial charge in [0.1, 0.15) is 16.2 Å². The summed E-state index contributed by atoms with van der Waals surface area (Å²) >= 11 is 9.53. The minimum absolute atomic E-state index is 0.290. The third-order valence-electron chi connectivity index (χ3n) is 2.65. The second-order valence-electron chi connectivity index (χ2n) is 4.53. The quantitative estimate of drug-likeness (QED) is 0.825. The van der Waals surface area contributed by atoms with Crippen LogP contribution in [-0.2, 0) is 6.54 Å². The zero-order valence-corrected chi connectivity index (χ0v) is 13.2. The fourth-order valence-electron chi connectivity index (χ4n) is 1.61. The molecule has 0 saturated heterocycles. The molecule has 3 nitrogen and oxygen atoms in total. The van der Waals surface area contributed by atoms with E-state index in [1.54, 1.807) is 0 Å². The Labute approximate surface area is 126 Å². The van der Waals surface area contributed by atoms with Crippen molar-refractivity contribution in [2.24, 2.45) is 0 Å². The normalized spacial score (nSPS) is 10.8. The SMILES string of the molecule is CC(C)c1nc(Br)cc(NCc2ccccc2Cl)n1. The van der Waals surface area contributed by atoms with Crippen molar-refractivity contribution in [1.82, 2.24) is 9.97 Å². The highest BCUT2D eigenvalue weighted by molar-refractivity contribution is 9.10. The minimum atomic E-state index is 0.290. The highest BCUT2D eigenvalue weighted by Gasteiger charge is 2.07. The molecule has 0 fully saturated rings. The largest absolute Gasteiger partial charge is 0.366 e. The first kappa shape index (κ1) is 14.3. The summed E-state index contributed by atoms with van der Waals surface area (Å²) in [5.41, 5.74) is 1.05. The molecule has 0 bridgehead atoms. The van der Waals surface area contributed by atoms with Crippen LogP contribution in [0.25, 0.3) is 0 Å². The van der Waals surface area contributed by atoms with Crippen molar-refractivity contribution in [3.05, 3.63) is 51.3 Å². The number of nitrogens with zero attached hydrogens (tertiary/aromatic N) is 2. The molecule has 100 valence electrons. The summed E-state index contributed by atoms with van der Waals surface area (Å²) in [6, 6.07) is 9.63. The standard InChI is InChI=1S/C14H15BrClN3/c1-9(2)14-18-12(15)7-13(19-14)17-8-10-5-3-4-6-11(10)16/h3-7,9H,8H2,1-2H3,(H,17,18,19). The van der Waals surface area contributed by atoms with Gasteiger partial charge < -0.3 is 5.32 Å². The third kappa shape index (κ3) is 3.91. The second kappa shape index (κ2) is 6.35. The van der Waals surface area contributed by atoms with Gasteiger partial charge in [0, 0.05) is 23.6 Å². The first-order valence-electron chi connectivity index (χ1n) is 6.08. The average Bonchev–Trinajstić information content (AvgIpc) is 2.37. The van der Waals surface area contributed by atoms with Gasteiger partial charge in [-0.05, 0) is 27.6 Å². The van der Waals surface area contributed by atoms with Crippen molar-refractivity contribution >= 4 is 33.3 Å². The van der Waals surface area contributed by atoms with Crippen LogP contribution in [0.4, 0.5) is 5.82 Å². The van der Waals surface area contributed by atoms with Gasteiger partial charge in [-0.2, -0.15) is 0 Å². The second-order valence-corrected chi connectivity index (χ2v) is 5.75. The maximum absolute atomic E-state index is 6.12. The summed E-state index contributed by atoms with van der Waals surface area (Å²) in [7, 11) is 0. The molecule has 0 amide bonds. The van der Waals surface area contributed by atoms with Gasteiger partial charge in [-0.25, -0.2) is 9.97 Å². The lowest BCUT2D eigenvalue weighted by Crippen LogP contribution is -2.06. The Kier molecular flexibility index (Phi) is 4.77. The molecule has 0 spiro atoms. The van der Waals surface area contributed by atoms with Crippen molar-refractivity contribution in [2.45, 2.75) is 26.3 Å². The molecule has 19 heavy (non-hydrogen) atoms. The van der Waals surface area contributed by atoms with Crippen molar-refractivity contribution < 1.29 is 0 Å². The molecular formula is C14H15BrClN3. The van der Waals surface area contributed by atoms with E-state index in [1.165, 1.54) is 0 Å². The first-order valence-corrected chi connectivity index (χ1v) is 7.25. The highest BCUT2D eigenvalue weighted by Crippen LogP contribution is 2.20. The Morgan fingerprint density at radius 1 is 1.26 bits per heavy atom. The fourth-order valence-corrected chi connectivity index (χ4v) is 2.21. The Bertz CT molecular complexity index is 572. The van der Waals surface area contributed by atoms with Crippen LogP contribution in [0.2, 0.25) is 5.02 Å². The lowest BCUT2D eigenvalue weighted by Gasteiger charge is -2.10. The van der Waals surface area contributed by atoms with Crippen molar-refractivity contribution in [2.75, 3.05) is 5.32 Å². The van der Waals surface area contributed by atoms with Crippen LogP contribution in [0.15, 0.2) is 34.9 Å². The molecule has 2 aromatic rings. The number of anilines is 1. The number of nitrogens with one attached hydrogen (secondary N) is 1. The number of aromatic nitrogens is 2. The topological polar surface area (TPSA) is 37.8 Å². The minimum Gasteiger partial charge on any atom is -0.366 e. The van der Waals surface area contributed by atoms with Gasteiger partial charge in [0.2, 0.25) is 0 Å². The van der Waals surface area contributed by atoms with Crippen LogP contribution in [-0.4, -0.2) is 9.97 Å². The number of hydrogen-bond acceptors (Lipinski definition) is 3. The smallest absolute Gasteiger partial charge is 0.134 e. The summed E-state index contributed by atoms with van der Waals surface area (Å²) in [6.45, 7) is 4.78. The molecule has 0 unspecified atom stereocenters. The van der Waals surface area contributed by atoms with Crippen LogP contribution < -0.4 is 5.32 Å². The maximum Gasteiger partial charge on any atom is 0.134 e. The zero-order valence-electron chi connectivity index (χ0n) is 10.8. The van der Waals surface area contributed by atoms with Gasteiger partial charge in [-0.1, -0.05) is 43.6 Å². The number of halogens is 2. The van der Waals surface area contributed by atoms with E-state index >= 15 is 0 Å². The fraction of sp³-hybridized carbons (Fsp3) is 0.286. The van der Waals surface area contributed by atoms with Gasteiger partial charge in [0.25, 0.3) is 0 Å². The predicted octanol–water partition coefficient (Wildman–Crippen LogP) is 4.63. The molecule has 0 aliphatic rings. The van der Waals surface area contributed by atoms with E-state index in [-0.39, 0.29) is 0 Å². The highest BCUT2D eigenvalue weighted by atomic mass is 79.9. The summed E-state index contributed by atoms with van der Waals surface area (Å²) in [5, 5.41) is 4.03. The first-order chi connectivity index (χ1) is 9.06. The molecule has 1 aromatic heterocycles. The zero-order chi connectivity index (χ0) is 13.8. The van der Waals surface area contributed by atoms with Crippen molar-refractivity contribution in [1.29, 1.82) is 0 Å². The molecule has 5 heteroatoms. The number of rotatable bonds is 4. The van der Waals surface area contributed by atoms with E-state index in [1.807, 2.05) is 30.3 Å². The van der Waals surface area contributed by atoms with Gasteiger partial charge in [-0.3, -0.25) is 0 Å². The van der Waals surface area contributed by atoms with Crippen molar-refractivity contribution in [3.8, 4) is 0 Å². The van der Waals surface area contributed by atoms with E-state index in [2.05, 4.69) is 45.1 Å². The molecule has 0 atom stereocenters. The molecule has 2 rings (SSSR count). The Morgan fingerprint density at radius 2 is 2.00 bits per heavy atom. The van der Waals surface area contributed by atoms with E-state index < -0.39 is 0 Å². The Balaban J connectivity index is 2.14. The molecule has 1 N–H and O–H groups in total. The van der Waals surface area contributed by atoms with Crippen LogP contribution in [0, 0.1) is 0 Å². The van der Waals surface area contributed by atoms with Gasteiger partial charge in [0.15, 0.2) is 0 Å². The summed E-state index contributed by atoms with van der Waals surface area (Å²) in [5.74, 6) is 1.90. The lowest BCUT2D eigenvalue weighted by molar-refractivity contribution is 0.769. The predicted molar refractivity (Wildman–Crippen MR) is 82.6 cm³/mol. The van der Waals surface area contributed by atoms with Crippen LogP contribution in [0.5, 0.6) is 0 Å². The summed E-state index contributed by atoms with van der Waals surface area (Å²) < 4.78 is 0.785. The van der Waals surface area contributed by atoms with Gasteiger partial charge in [0.05, 0.1) is 0 Å². The van der Waals surface area contributed by atoms with E-state index in [4.69, 9.17) is 11.6 Å². The monoisotopic (exact) mass is 339 g/mol. The molecule has 1 aromatic carbocycles. The van der Waals surface area contributed by atoms with Crippen LogP contribution >= 0.6 is 27.5 Å². The van der Waals surface area contributed by atoms with E-state index in [0.29, 0.717) is 12.5 Å². The van der Waals surface area contributed by atoms with E-state index in [9.17, 15) is 0 Å². The summed E-state index contributed by atoms with van der Waals surface area (Å²) in [6.07, 6.45) is 0. The Morgan fingerprint density at radius 3 is 2.68 bits per heavy atom. The molecule has 0 radical (unpaired) electrons. The average molecular weight is 341 g/mol. The molecule has 1 heterocycles. The van der Waals surface area contributed by atoms with Gasteiger partial charge >= 0.3 is 0 Å². The molecule has 0 aliphatic carbocycles. The third-order valence-corrected chi connectivity index (χ3v) is 3.42. The van der Waals surface area contributed by atoms with Crippen LogP contribution in [0.3, 0.4) is 0 Å². The summed E-state index contributed by atoms with van der Waals surface area (Å²) in [4.78, 5) is 8.83. The number of benzene rings is 1. The molecule has 0 saturated carbocycles. The van der Waals surface area contributed by atoms with Gasteiger partial charge in [-0.15, -0.1) is 0 Å². The maximum atomic E-state index is 6.12. The van der Waals surface area contributed by atoms with Crippen molar-refractivity contribution in [3.63, 3.8) is 0 Å². The molecule has 0 aliphatic heterocycles. The molecular weight excluding hydrogens is 326 g/mol. The van der Waals surface area contributed by atoms with Crippen LogP contribution in [0.1, 0.15) is 31.2 Å². The number of hydrogen-bond donors (Lipinski definition) is 1.